The van der Waals surface area contributed by atoms with Gasteiger partial charge in [0.1, 0.15) is 11.2 Å². The van der Waals surface area contributed by atoms with E-state index in [0.717, 1.165) is 16.3 Å². The van der Waals surface area contributed by atoms with Gasteiger partial charge in [0.15, 0.2) is 5.69 Å². The number of fused-ring (bicyclic) bond motifs is 7. The average Bonchev–Trinajstić information content (AvgIpc) is 2.98. The van der Waals surface area contributed by atoms with Crippen molar-refractivity contribution in [3.8, 4) is 0 Å². The fourth-order valence-electron chi connectivity index (χ4n) is 3.60. The molecule has 5 aromatic rings. The number of furan rings is 1. The van der Waals surface area contributed by atoms with Gasteiger partial charge in [0.05, 0.1) is 5.52 Å². The van der Waals surface area contributed by atoms with Crippen molar-refractivity contribution < 1.29 is 17.6 Å². The van der Waals surface area contributed by atoms with Crippen molar-refractivity contribution >= 4 is 43.6 Å². The lowest BCUT2D eigenvalue weighted by Gasteiger charge is -2.13. The molecule has 0 amide bonds. The normalized spacial score (nSPS) is 12.6. The van der Waals surface area contributed by atoms with E-state index in [1.54, 1.807) is 18.2 Å². The second-order valence-electron chi connectivity index (χ2n) is 6.44. The third-order valence-corrected chi connectivity index (χ3v) is 4.72. The molecule has 0 aliphatic heterocycles. The Morgan fingerprint density at radius 1 is 0.846 bits per heavy atom. The van der Waals surface area contributed by atoms with E-state index < -0.39 is 11.9 Å². The van der Waals surface area contributed by atoms with E-state index in [2.05, 4.69) is 4.98 Å². The van der Waals surface area contributed by atoms with Crippen LogP contribution in [0.2, 0.25) is 0 Å². The standard InChI is InChI=1S/C21H12F3NO/c1-11-6-9-16-15(10-11)18-14(20(25-16)21(22,23)24)8-7-13-12-4-2-3-5-17(12)26-19(13)18/h2-10H,1H3. The monoisotopic (exact) mass is 351 g/mol. The number of alkyl halides is 3. The second-order valence-corrected chi connectivity index (χ2v) is 6.44. The number of hydrogen-bond donors (Lipinski definition) is 0. The maximum absolute atomic E-state index is 13.6. The zero-order valence-corrected chi connectivity index (χ0v) is 13.7. The summed E-state index contributed by atoms with van der Waals surface area (Å²) in [6.07, 6.45) is -4.54. The van der Waals surface area contributed by atoms with Crippen LogP contribution in [0.3, 0.4) is 0 Å². The first-order chi connectivity index (χ1) is 12.4. The quantitative estimate of drug-likeness (QED) is 0.293. The molecule has 5 heteroatoms. The highest BCUT2D eigenvalue weighted by atomic mass is 19.4. The van der Waals surface area contributed by atoms with Crippen molar-refractivity contribution in [1.82, 2.24) is 4.98 Å². The lowest BCUT2D eigenvalue weighted by atomic mass is 9.99. The van der Waals surface area contributed by atoms with Crippen LogP contribution in [0.5, 0.6) is 0 Å². The minimum Gasteiger partial charge on any atom is -0.455 e. The van der Waals surface area contributed by atoms with E-state index in [4.69, 9.17) is 4.42 Å². The summed E-state index contributed by atoms with van der Waals surface area (Å²) < 4.78 is 46.9. The Morgan fingerprint density at radius 3 is 2.42 bits per heavy atom. The minimum absolute atomic E-state index is 0.0576. The number of pyridine rings is 1. The zero-order valence-electron chi connectivity index (χ0n) is 13.7. The molecule has 0 aliphatic rings. The molecule has 0 fully saturated rings. The summed E-state index contributed by atoms with van der Waals surface area (Å²) in [7, 11) is 0. The Bertz CT molecular complexity index is 1330. The molecule has 0 spiro atoms. The molecule has 0 aliphatic carbocycles. The molecule has 0 bridgehead atoms. The average molecular weight is 351 g/mol. The van der Waals surface area contributed by atoms with E-state index in [9.17, 15) is 13.2 Å². The molecule has 26 heavy (non-hydrogen) atoms. The Kier molecular flexibility index (Phi) is 2.91. The van der Waals surface area contributed by atoms with Crippen molar-refractivity contribution in [2.24, 2.45) is 0 Å². The molecular formula is C21H12F3NO. The summed E-state index contributed by atoms with van der Waals surface area (Å²) in [5.74, 6) is 0. The lowest BCUT2D eigenvalue weighted by Crippen LogP contribution is -2.09. The van der Waals surface area contributed by atoms with Crippen molar-refractivity contribution in [2.45, 2.75) is 13.1 Å². The number of aryl methyl sites for hydroxylation is 1. The van der Waals surface area contributed by atoms with E-state index in [1.807, 2.05) is 37.3 Å². The molecule has 2 aromatic heterocycles. The molecule has 0 saturated heterocycles. The van der Waals surface area contributed by atoms with Gasteiger partial charge in [0, 0.05) is 26.9 Å². The molecule has 0 radical (unpaired) electrons. The molecular weight excluding hydrogens is 339 g/mol. The molecule has 0 N–H and O–H groups in total. The van der Waals surface area contributed by atoms with Gasteiger partial charge in [0.2, 0.25) is 0 Å². The maximum Gasteiger partial charge on any atom is 0.433 e. The number of halogens is 3. The van der Waals surface area contributed by atoms with Gasteiger partial charge < -0.3 is 4.42 Å². The van der Waals surface area contributed by atoms with Crippen molar-refractivity contribution in [3.63, 3.8) is 0 Å². The van der Waals surface area contributed by atoms with Crippen LogP contribution in [0.4, 0.5) is 13.2 Å². The largest absolute Gasteiger partial charge is 0.455 e. The molecule has 0 unspecified atom stereocenters. The zero-order chi connectivity index (χ0) is 18.1. The van der Waals surface area contributed by atoms with Gasteiger partial charge in [0.25, 0.3) is 0 Å². The first kappa shape index (κ1) is 15.2. The summed E-state index contributed by atoms with van der Waals surface area (Å²) in [4.78, 5) is 3.91. The lowest BCUT2D eigenvalue weighted by molar-refractivity contribution is -0.139. The number of benzene rings is 3. The molecule has 5 rings (SSSR count). The molecule has 2 heterocycles. The maximum atomic E-state index is 13.6. The van der Waals surface area contributed by atoms with Crippen LogP contribution in [0.1, 0.15) is 11.3 Å². The van der Waals surface area contributed by atoms with Gasteiger partial charge in [-0.1, -0.05) is 35.9 Å². The molecule has 2 nitrogen and oxygen atoms in total. The number of nitrogens with zero attached hydrogens (tertiary/aromatic N) is 1. The predicted molar refractivity (Wildman–Crippen MR) is 96.3 cm³/mol. The minimum atomic E-state index is -4.54. The second kappa shape index (κ2) is 4.97. The Morgan fingerprint density at radius 2 is 1.62 bits per heavy atom. The highest BCUT2D eigenvalue weighted by Gasteiger charge is 2.35. The van der Waals surface area contributed by atoms with Gasteiger partial charge in [-0.15, -0.1) is 0 Å². The van der Waals surface area contributed by atoms with Crippen LogP contribution in [0.15, 0.2) is 59.0 Å². The van der Waals surface area contributed by atoms with E-state index in [-0.39, 0.29) is 5.39 Å². The first-order valence-corrected chi connectivity index (χ1v) is 8.15. The van der Waals surface area contributed by atoms with Crippen molar-refractivity contribution in [2.75, 3.05) is 0 Å². The topological polar surface area (TPSA) is 26.0 Å². The SMILES string of the molecule is Cc1ccc2nc(C(F)(F)F)c3ccc4c5ccccc5oc4c3c2c1. The third-order valence-electron chi connectivity index (χ3n) is 4.72. The fourth-order valence-corrected chi connectivity index (χ4v) is 3.60. The van der Waals surface area contributed by atoms with E-state index >= 15 is 0 Å². The van der Waals surface area contributed by atoms with Crippen LogP contribution in [0, 0.1) is 6.92 Å². The van der Waals surface area contributed by atoms with Crippen LogP contribution in [-0.2, 0) is 6.18 Å². The van der Waals surface area contributed by atoms with Crippen LogP contribution < -0.4 is 0 Å². The van der Waals surface area contributed by atoms with Crippen LogP contribution in [0.25, 0.3) is 43.6 Å². The molecule has 128 valence electrons. The third kappa shape index (κ3) is 2.03. The van der Waals surface area contributed by atoms with E-state index in [0.29, 0.717) is 27.5 Å². The summed E-state index contributed by atoms with van der Waals surface area (Å²) in [5, 5.41) is 2.87. The first-order valence-electron chi connectivity index (χ1n) is 8.15. The number of aromatic nitrogens is 1. The highest BCUT2D eigenvalue weighted by molar-refractivity contribution is 6.22. The van der Waals surface area contributed by atoms with Crippen molar-refractivity contribution in [1.29, 1.82) is 0 Å². The summed E-state index contributed by atoms with van der Waals surface area (Å²) in [6.45, 7) is 1.90. The fraction of sp³-hybridized carbons (Fsp3) is 0.0952. The molecule has 3 aromatic carbocycles. The summed E-state index contributed by atoms with van der Waals surface area (Å²) in [6, 6.07) is 15.9. The van der Waals surface area contributed by atoms with Gasteiger partial charge in [-0.05, 0) is 31.2 Å². The Balaban J connectivity index is 2.11. The Hall–Kier alpha value is -3.08. The Labute approximate surface area is 145 Å². The van der Waals surface area contributed by atoms with Gasteiger partial charge in [-0.25, -0.2) is 4.98 Å². The van der Waals surface area contributed by atoms with Gasteiger partial charge in [-0.3, -0.25) is 0 Å². The molecule has 0 saturated carbocycles. The van der Waals surface area contributed by atoms with Crippen LogP contribution >= 0.6 is 0 Å². The predicted octanol–water partition coefficient (Wildman–Crippen LogP) is 6.61. The van der Waals surface area contributed by atoms with Crippen molar-refractivity contribution in [3.05, 3.63) is 65.9 Å². The summed E-state index contributed by atoms with van der Waals surface area (Å²) >= 11 is 0. The van der Waals surface area contributed by atoms with Gasteiger partial charge in [-0.2, -0.15) is 13.2 Å². The number of rotatable bonds is 0. The van der Waals surface area contributed by atoms with Gasteiger partial charge >= 0.3 is 6.18 Å². The van der Waals surface area contributed by atoms with E-state index in [1.165, 1.54) is 6.07 Å². The summed E-state index contributed by atoms with van der Waals surface area (Å²) in [5.41, 5.74) is 1.50. The number of hydrogen-bond acceptors (Lipinski definition) is 2. The number of para-hydroxylation sites is 1. The highest BCUT2D eigenvalue weighted by Crippen LogP contribution is 2.42. The van der Waals surface area contributed by atoms with Crippen LogP contribution in [-0.4, -0.2) is 4.98 Å². The smallest absolute Gasteiger partial charge is 0.433 e. The molecule has 0 atom stereocenters.